The van der Waals surface area contributed by atoms with Crippen molar-refractivity contribution in [3.63, 3.8) is 0 Å². The number of phenols is 1. The molecule has 0 heterocycles. The zero-order valence-corrected chi connectivity index (χ0v) is 12.8. The van der Waals surface area contributed by atoms with E-state index in [4.69, 9.17) is 14.6 Å². The van der Waals surface area contributed by atoms with Gasteiger partial charge in [-0.25, -0.2) is 0 Å². The van der Waals surface area contributed by atoms with Crippen LogP contribution in [0.3, 0.4) is 0 Å². The third-order valence-corrected chi connectivity index (χ3v) is 3.80. The Morgan fingerprint density at radius 3 is 2.30 bits per heavy atom. The van der Waals surface area contributed by atoms with Gasteiger partial charge in [-0.1, -0.05) is 30.3 Å². The number of benzene rings is 3. The lowest BCUT2D eigenvalue weighted by atomic mass is 10.0. The molecule has 0 aromatic heterocycles. The van der Waals surface area contributed by atoms with E-state index in [1.54, 1.807) is 13.2 Å². The zero-order chi connectivity index (χ0) is 16.6. The number of carboxylic acids is 1. The molecule has 0 radical (unpaired) electrons. The molecule has 1 aliphatic carbocycles. The highest BCUT2D eigenvalue weighted by molar-refractivity contribution is 6.16. The molecule has 4 heteroatoms. The minimum absolute atomic E-state index is 0.301. The quantitative estimate of drug-likeness (QED) is 0.550. The lowest BCUT2D eigenvalue weighted by Gasteiger charge is -2.07. The molecule has 0 atom stereocenters. The average molecular weight is 308 g/mol. The van der Waals surface area contributed by atoms with Gasteiger partial charge in [0, 0.05) is 17.7 Å². The number of carboxylic acid groups (broad SMARTS) is 1. The first-order chi connectivity index (χ1) is 11.0. The van der Waals surface area contributed by atoms with Crippen LogP contribution in [0.5, 0.6) is 11.5 Å². The van der Waals surface area contributed by atoms with E-state index in [0.717, 1.165) is 29.2 Å². The fraction of sp³-hybridized carbons (Fsp3) is 0.105. The summed E-state index contributed by atoms with van der Waals surface area (Å²) in [6.45, 7) is 1.08. The molecule has 0 saturated heterocycles. The van der Waals surface area contributed by atoms with Crippen LogP contribution in [0.25, 0.3) is 33.0 Å². The molecule has 23 heavy (non-hydrogen) atoms. The fourth-order valence-corrected chi connectivity index (χ4v) is 3.00. The summed E-state index contributed by atoms with van der Waals surface area (Å²) in [5.41, 5.74) is 4.64. The van der Waals surface area contributed by atoms with E-state index in [-0.39, 0.29) is 0 Å². The van der Waals surface area contributed by atoms with Crippen molar-refractivity contribution in [2.24, 2.45) is 0 Å². The van der Waals surface area contributed by atoms with Gasteiger partial charge < -0.3 is 14.9 Å². The van der Waals surface area contributed by atoms with Crippen LogP contribution in [-0.4, -0.2) is 23.3 Å². The van der Waals surface area contributed by atoms with Gasteiger partial charge in [-0.2, -0.15) is 0 Å². The third-order valence-electron chi connectivity index (χ3n) is 3.80. The maximum Gasteiger partial charge on any atom is 0.300 e. The molecule has 0 unspecified atom stereocenters. The summed E-state index contributed by atoms with van der Waals surface area (Å²) in [6.07, 6.45) is 0. The van der Waals surface area contributed by atoms with E-state index in [2.05, 4.69) is 18.2 Å². The van der Waals surface area contributed by atoms with Gasteiger partial charge in [-0.05, 0) is 40.5 Å². The second-order valence-corrected chi connectivity index (χ2v) is 5.29. The summed E-state index contributed by atoms with van der Waals surface area (Å²) in [7, 11) is 1.69. The minimum atomic E-state index is -0.833. The topological polar surface area (TPSA) is 66.8 Å². The summed E-state index contributed by atoms with van der Waals surface area (Å²) in [5, 5.41) is 19.5. The monoisotopic (exact) mass is 308 g/mol. The van der Waals surface area contributed by atoms with Gasteiger partial charge in [0.25, 0.3) is 5.97 Å². The standard InChI is InChI=1S/C17H12O2.C2H4O2/c1-19-16-8-7-13-15-9-10(18)5-6-11(15)12-3-2-4-14(16)17(12)13;1-2(3)4/h2-9,18H,1H3;1H3,(H,3,4). The number of hydrogen-bond donors (Lipinski definition) is 2. The fourth-order valence-electron chi connectivity index (χ4n) is 3.00. The molecule has 4 rings (SSSR count). The van der Waals surface area contributed by atoms with E-state index in [1.807, 2.05) is 24.3 Å². The van der Waals surface area contributed by atoms with Crippen LogP contribution in [0, 0.1) is 0 Å². The molecule has 0 fully saturated rings. The maximum atomic E-state index is 9.71. The van der Waals surface area contributed by atoms with E-state index in [9.17, 15) is 5.11 Å². The molecule has 116 valence electrons. The van der Waals surface area contributed by atoms with Gasteiger partial charge in [0.05, 0.1) is 7.11 Å². The Morgan fingerprint density at radius 2 is 1.61 bits per heavy atom. The highest BCUT2D eigenvalue weighted by atomic mass is 16.5. The molecule has 3 aromatic rings. The van der Waals surface area contributed by atoms with E-state index >= 15 is 0 Å². The summed E-state index contributed by atoms with van der Waals surface area (Å²) in [6, 6.07) is 15.8. The predicted molar refractivity (Wildman–Crippen MR) is 89.9 cm³/mol. The Hall–Kier alpha value is -3.01. The summed E-state index contributed by atoms with van der Waals surface area (Å²) in [5.74, 6) is 0.355. The molecule has 4 nitrogen and oxygen atoms in total. The number of fused-ring (bicyclic) bond motifs is 3. The summed E-state index contributed by atoms with van der Waals surface area (Å²) in [4.78, 5) is 9.00. The summed E-state index contributed by atoms with van der Waals surface area (Å²) >= 11 is 0. The zero-order valence-electron chi connectivity index (χ0n) is 12.8. The van der Waals surface area contributed by atoms with Crippen molar-refractivity contribution in [2.75, 3.05) is 7.11 Å². The Morgan fingerprint density at radius 1 is 0.957 bits per heavy atom. The molecule has 3 aromatic carbocycles. The highest BCUT2D eigenvalue weighted by Crippen LogP contribution is 2.49. The first kappa shape index (κ1) is 14.9. The van der Waals surface area contributed by atoms with Crippen LogP contribution in [-0.2, 0) is 4.79 Å². The molecule has 0 spiro atoms. The number of hydrogen-bond acceptors (Lipinski definition) is 3. The number of carbonyl (C=O) groups is 1. The Bertz CT molecular complexity index is 909. The second-order valence-electron chi connectivity index (χ2n) is 5.29. The minimum Gasteiger partial charge on any atom is -0.508 e. The van der Waals surface area contributed by atoms with Crippen LogP contribution < -0.4 is 4.74 Å². The molecule has 2 N–H and O–H groups in total. The molecular formula is C19H16O4. The first-order valence-corrected chi connectivity index (χ1v) is 7.16. The third kappa shape index (κ3) is 2.48. The average Bonchev–Trinajstić information content (AvgIpc) is 2.83. The number of phenolic OH excluding ortho intramolecular Hbond substituents is 1. The van der Waals surface area contributed by atoms with E-state index in [1.165, 1.54) is 16.5 Å². The number of aliphatic carboxylic acids is 1. The van der Waals surface area contributed by atoms with Crippen molar-refractivity contribution in [3.05, 3.63) is 48.5 Å². The maximum absolute atomic E-state index is 9.71. The summed E-state index contributed by atoms with van der Waals surface area (Å²) < 4.78 is 5.44. The van der Waals surface area contributed by atoms with Crippen LogP contribution >= 0.6 is 0 Å². The van der Waals surface area contributed by atoms with Crippen molar-refractivity contribution >= 4 is 16.7 Å². The molecule has 0 saturated carbocycles. The van der Waals surface area contributed by atoms with Gasteiger partial charge in [0.2, 0.25) is 0 Å². The molecule has 1 aliphatic rings. The number of methoxy groups -OCH3 is 1. The lowest BCUT2D eigenvalue weighted by molar-refractivity contribution is -0.134. The van der Waals surface area contributed by atoms with Crippen LogP contribution in [0.4, 0.5) is 0 Å². The number of ether oxygens (including phenoxy) is 1. The van der Waals surface area contributed by atoms with Gasteiger partial charge in [-0.3, -0.25) is 4.79 Å². The second kappa shape index (κ2) is 5.65. The normalized spacial score (nSPS) is 10.7. The van der Waals surface area contributed by atoms with Gasteiger partial charge >= 0.3 is 0 Å². The van der Waals surface area contributed by atoms with E-state index < -0.39 is 5.97 Å². The van der Waals surface area contributed by atoms with Gasteiger partial charge in [0.1, 0.15) is 11.5 Å². The predicted octanol–water partition coefficient (Wildman–Crippen LogP) is 4.29. The SMILES string of the molecule is CC(=O)O.COc1ccc2c3c(cccc13)-c1ccc(O)cc1-2. The van der Waals surface area contributed by atoms with Gasteiger partial charge in [-0.15, -0.1) is 0 Å². The smallest absolute Gasteiger partial charge is 0.300 e. The van der Waals surface area contributed by atoms with Gasteiger partial charge in [0.15, 0.2) is 0 Å². The highest BCUT2D eigenvalue weighted by Gasteiger charge is 2.22. The lowest BCUT2D eigenvalue weighted by Crippen LogP contribution is -1.85. The van der Waals surface area contributed by atoms with E-state index in [0.29, 0.717) is 5.75 Å². The van der Waals surface area contributed by atoms with Crippen molar-refractivity contribution in [1.82, 2.24) is 0 Å². The molecule has 0 bridgehead atoms. The van der Waals surface area contributed by atoms with Crippen LogP contribution in [0.15, 0.2) is 48.5 Å². The Labute approximate surface area is 133 Å². The van der Waals surface area contributed by atoms with Crippen LogP contribution in [0.2, 0.25) is 0 Å². The Balaban J connectivity index is 0.000000354. The largest absolute Gasteiger partial charge is 0.508 e. The number of aromatic hydroxyl groups is 1. The van der Waals surface area contributed by atoms with Crippen molar-refractivity contribution in [3.8, 4) is 33.8 Å². The molecular weight excluding hydrogens is 292 g/mol. The van der Waals surface area contributed by atoms with Crippen molar-refractivity contribution in [1.29, 1.82) is 0 Å². The first-order valence-electron chi connectivity index (χ1n) is 7.16. The van der Waals surface area contributed by atoms with Crippen molar-refractivity contribution in [2.45, 2.75) is 6.92 Å². The van der Waals surface area contributed by atoms with Crippen LogP contribution in [0.1, 0.15) is 6.92 Å². The van der Waals surface area contributed by atoms with Crippen molar-refractivity contribution < 1.29 is 19.7 Å². The molecule has 0 amide bonds. The number of rotatable bonds is 1. The molecule has 0 aliphatic heterocycles. The Kier molecular flexibility index (Phi) is 3.66.